The Balaban J connectivity index is 1.47. The molecule has 2 saturated heterocycles. The van der Waals surface area contributed by atoms with Gasteiger partial charge in [-0.05, 0) is 5.92 Å². The molecule has 3 heterocycles. The predicted octanol–water partition coefficient (Wildman–Crippen LogP) is 0.724. The van der Waals surface area contributed by atoms with E-state index in [1.807, 2.05) is 13.1 Å². The van der Waals surface area contributed by atoms with Crippen molar-refractivity contribution in [2.45, 2.75) is 26.4 Å². The molecule has 0 bridgehead atoms. The van der Waals surface area contributed by atoms with E-state index in [1.165, 1.54) is 0 Å². The van der Waals surface area contributed by atoms with Gasteiger partial charge in [-0.2, -0.15) is 0 Å². The Hall–Kier alpha value is -1.64. The van der Waals surface area contributed by atoms with E-state index in [9.17, 15) is 0 Å². The monoisotopic (exact) mass is 378 g/mol. The van der Waals surface area contributed by atoms with Gasteiger partial charge in [0.2, 0.25) is 0 Å². The number of nitrogens with zero attached hydrogens (tertiary/aromatic N) is 5. The fraction of sp³-hybridized carbons (Fsp3) is 0.789. The number of morpholine rings is 1. The Morgan fingerprint density at radius 3 is 2.52 bits per heavy atom. The van der Waals surface area contributed by atoms with Gasteiger partial charge in [-0.25, -0.2) is 0 Å². The third-order valence-corrected chi connectivity index (χ3v) is 5.51. The third-order valence-electron chi connectivity index (χ3n) is 5.51. The number of rotatable bonds is 6. The Morgan fingerprint density at radius 1 is 1.19 bits per heavy atom. The molecular weight excluding hydrogens is 344 g/mol. The van der Waals surface area contributed by atoms with Crippen molar-refractivity contribution in [3.63, 3.8) is 0 Å². The molecule has 0 radical (unpaired) electrons. The molecule has 2 fully saturated rings. The van der Waals surface area contributed by atoms with Crippen LogP contribution in [0, 0.1) is 5.92 Å². The van der Waals surface area contributed by atoms with E-state index in [2.05, 4.69) is 44.0 Å². The van der Waals surface area contributed by atoms with Gasteiger partial charge >= 0.3 is 0 Å². The summed E-state index contributed by atoms with van der Waals surface area (Å²) in [4.78, 5) is 11.8. The molecule has 0 aromatic carbocycles. The van der Waals surface area contributed by atoms with Crippen molar-refractivity contribution in [3.05, 3.63) is 18.0 Å². The number of guanidine groups is 1. The minimum atomic E-state index is 0.499. The minimum Gasteiger partial charge on any atom is -0.379 e. The second kappa shape index (κ2) is 10.1. The topological polar surface area (TPSA) is 69.4 Å². The van der Waals surface area contributed by atoms with E-state index < -0.39 is 0 Å². The highest BCUT2D eigenvalue weighted by molar-refractivity contribution is 5.80. The average Bonchev–Trinajstić information content (AvgIpc) is 3.20. The summed E-state index contributed by atoms with van der Waals surface area (Å²) >= 11 is 0. The quantitative estimate of drug-likeness (QED) is 0.578. The summed E-state index contributed by atoms with van der Waals surface area (Å²) in [6, 6.07) is 2.43. The number of ether oxygens (including phenoxy) is 1. The first-order valence-corrected chi connectivity index (χ1v) is 10.1. The highest BCUT2D eigenvalue weighted by Gasteiger charge is 2.25. The van der Waals surface area contributed by atoms with Gasteiger partial charge in [-0.3, -0.25) is 14.8 Å². The van der Waals surface area contributed by atoms with E-state index in [-0.39, 0.29) is 0 Å². The molecule has 27 heavy (non-hydrogen) atoms. The maximum absolute atomic E-state index is 5.51. The van der Waals surface area contributed by atoms with Crippen molar-refractivity contribution >= 4 is 5.96 Å². The Bertz CT molecular complexity index is 563. The van der Waals surface area contributed by atoms with E-state index in [0.29, 0.717) is 12.0 Å². The standard InChI is InChI=1S/C19H34N6O2/c1-16(2)18(24-9-12-26-13-10-24)14-21-19(20-3)25-7-5-23(6-8-25)15-17-4-11-27-22-17/h4,11,16,18H,5-10,12-15H2,1-3H3,(H,20,21). The molecule has 1 N–H and O–H groups in total. The van der Waals surface area contributed by atoms with Gasteiger partial charge in [0.25, 0.3) is 0 Å². The molecule has 2 aliphatic rings. The molecule has 0 spiro atoms. The summed E-state index contributed by atoms with van der Waals surface area (Å²) in [5.41, 5.74) is 0.997. The fourth-order valence-electron chi connectivity index (χ4n) is 3.89. The zero-order valence-corrected chi connectivity index (χ0v) is 16.9. The molecular formula is C19H34N6O2. The minimum absolute atomic E-state index is 0.499. The number of hydrogen-bond donors (Lipinski definition) is 1. The van der Waals surface area contributed by atoms with Crippen LogP contribution in [0.2, 0.25) is 0 Å². The molecule has 0 saturated carbocycles. The lowest BCUT2D eigenvalue weighted by Gasteiger charge is -2.39. The van der Waals surface area contributed by atoms with Crippen LogP contribution in [-0.4, -0.2) is 97.9 Å². The molecule has 8 nitrogen and oxygen atoms in total. The largest absolute Gasteiger partial charge is 0.379 e. The van der Waals surface area contributed by atoms with Crippen molar-refractivity contribution in [1.82, 2.24) is 25.2 Å². The molecule has 1 aromatic rings. The van der Waals surface area contributed by atoms with Crippen LogP contribution in [0.1, 0.15) is 19.5 Å². The first-order chi connectivity index (χ1) is 13.2. The van der Waals surface area contributed by atoms with Crippen molar-refractivity contribution in [1.29, 1.82) is 0 Å². The van der Waals surface area contributed by atoms with Crippen LogP contribution in [0.15, 0.2) is 21.8 Å². The summed E-state index contributed by atoms with van der Waals surface area (Å²) in [5, 5.41) is 7.64. The first-order valence-electron chi connectivity index (χ1n) is 10.1. The summed E-state index contributed by atoms with van der Waals surface area (Å²) in [7, 11) is 1.88. The normalized spacial score (nSPS) is 21.6. The zero-order chi connectivity index (χ0) is 19.1. The average molecular weight is 379 g/mol. The molecule has 0 amide bonds. The lowest BCUT2D eigenvalue weighted by atomic mass is 10.0. The van der Waals surface area contributed by atoms with Crippen LogP contribution in [0.5, 0.6) is 0 Å². The zero-order valence-electron chi connectivity index (χ0n) is 16.9. The summed E-state index contributed by atoms with van der Waals surface area (Å²) in [6.45, 7) is 14.0. The van der Waals surface area contributed by atoms with Gasteiger partial charge in [-0.1, -0.05) is 19.0 Å². The molecule has 1 unspecified atom stereocenters. The molecule has 3 rings (SSSR count). The molecule has 0 aliphatic carbocycles. The van der Waals surface area contributed by atoms with Gasteiger partial charge in [0.05, 0.1) is 18.9 Å². The van der Waals surface area contributed by atoms with Crippen LogP contribution in [0.4, 0.5) is 0 Å². The maximum Gasteiger partial charge on any atom is 0.193 e. The Labute approximate surface area is 162 Å². The first kappa shape index (κ1) is 20.1. The predicted molar refractivity (Wildman–Crippen MR) is 106 cm³/mol. The summed E-state index contributed by atoms with van der Waals surface area (Å²) in [6.07, 6.45) is 1.64. The van der Waals surface area contributed by atoms with Crippen molar-refractivity contribution in [2.24, 2.45) is 10.9 Å². The van der Waals surface area contributed by atoms with E-state index in [4.69, 9.17) is 9.26 Å². The van der Waals surface area contributed by atoms with Crippen LogP contribution < -0.4 is 5.32 Å². The van der Waals surface area contributed by atoms with Crippen LogP contribution in [0.25, 0.3) is 0 Å². The smallest absolute Gasteiger partial charge is 0.193 e. The number of nitrogens with one attached hydrogen (secondary N) is 1. The second-order valence-corrected chi connectivity index (χ2v) is 7.64. The lowest BCUT2D eigenvalue weighted by molar-refractivity contribution is 0.00734. The number of aliphatic imine (C=N–C) groups is 1. The SMILES string of the molecule is CN=C(NCC(C(C)C)N1CCOCC1)N1CCN(Cc2ccon2)CC1. The maximum atomic E-state index is 5.51. The number of aromatic nitrogens is 1. The number of hydrogen-bond acceptors (Lipinski definition) is 6. The second-order valence-electron chi connectivity index (χ2n) is 7.64. The fourth-order valence-corrected chi connectivity index (χ4v) is 3.89. The van der Waals surface area contributed by atoms with E-state index in [1.54, 1.807) is 6.26 Å². The molecule has 2 aliphatic heterocycles. The van der Waals surface area contributed by atoms with Gasteiger partial charge in [-0.15, -0.1) is 0 Å². The van der Waals surface area contributed by atoms with Gasteiger partial charge in [0.15, 0.2) is 5.96 Å². The molecule has 152 valence electrons. The van der Waals surface area contributed by atoms with E-state index >= 15 is 0 Å². The Morgan fingerprint density at radius 2 is 1.93 bits per heavy atom. The van der Waals surface area contributed by atoms with Gasteiger partial charge in [0, 0.05) is 71.5 Å². The highest BCUT2D eigenvalue weighted by atomic mass is 16.5. The van der Waals surface area contributed by atoms with Crippen LogP contribution >= 0.6 is 0 Å². The molecule has 1 aromatic heterocycles. The van der Waals surface area contributed by atoms with Crippen molar-refractivity contribution in [2.75, 3.05) is 66.1 Å². The van der Waals surface area contributed by atoms with Crippen molar-refractivity contribution in [3.8, 4) is 0 Å². The third kappa shape index (κ3) is 5.67. The van der Waals surface area contributed by atoms with Crippen LogP contribution in [0.3, 0.4) is 0 Å². The van der Waals surface area contributed by atoms with Crippen LogP contribution in [-0.2, 0) is 11.3 Å². The highest BCUT2D eigenvalue weighted by Crippen LogP contribution is 2.13. The lowest BCUT2D eigenvalue weighted by Crippen LogP contribution is -2.56. The molecule has 1 atom stereocenters. The van der Waals surface area contributed by atoms with Gasteiger partial charge in [0.1, 0.15) is 6.26 Å². The number of piperazine rings is 1. The van der Waals surface area contributed by atoms with E-state index in [0.717, 1.165) is 77.2 Å². The van der Waals surface area contributed by atoms with Crippen molar-refractivity contribution < 1.29 is 9.26 Å². The summed E-state index contributed by atoms with van der Waals surface area (Å²) < 4.78 is 10.4. The summed E-state index contributed by atoms with van der Waals surface area (Å²) in [5.74, 6) is 1.60. The van der Waals surface area contributed by atoms with Gasteiger partial charge < -0.3 is 19.5 Å². The molecule has 8 heteroatoms. The Kier molecular flexibility index (Phi) is 7.49.